The molecule has 0 atom stereocenters. The van der Waals surface area contributed by atoms with Crippen LogP contribution >= 0.6 is 0 Å². The van der Waals surface area contributed by atoms with Gasteiger partial charge < -0.3 is 0 Å². The summed E-state index contributed by atoms with van der Waals surface area (Å²) in [5.74, 6) is 0. The molecule has 16 heavy (non-hydrogen) atoms. The van der Waals surface area contributed by atoms with Crippen molar-refractivity contribution in [1.29, 1.82) is 0 Å². The van der Waals surface area contributed by atoms with Crippen molar-refractivity contribution in [3.05, 3.63) is 36.5 Å². The molecule has 0 fully saturated rings. The van der Waals surface area contributed by atoms with Crippen LogP contribution < -0.4 is 0 Å². The maximum Gasteiger partial charge on any atom is -0.0313 e. The Balaban J connectivity index is 3.25. The topological polar surface area (TPSA) is 0 Å². The van der Waals surface area contributed by atoms with E-state index in [1.807, 2.05) is 0 Å². The van der Waals surface area contributed by atoms with Crippen molar-refractivity contribution in [3.8, 4) is 0 Å². The van der Waals surface area contributed by atoms with Crippen molar-refractivity contribution in [2.24, 2.45) is 0 Å². The normalized spacial score (nSPS) is 12.4. The Morgan fingerprint density at radius 3 is 1.88 bits per heavy atom. The Hall–Kier alpha value is -0.780. The zero-order valence-electron chi connectivity index (χ0n) is 11.1. The van der Waals surface area contributed by atoms with Crippen molar-refractivity contribution in [2.75, 3.05) is 0 Å². The van der Waals surface area contributed by atoms with Crippen LogP contribution in [0.5, 0.6) is 0 Å². The van der Waals surface area contributed by atoms with Gasteiger partial charge in [0, 0.05) is 0 Å². The van der Waals surface area contributed by atoms with Crippen molar-refractivity contribution in [1.82, 2.24) is 0 Å². The Kier molecular flexibility index (Phi) is 13.5. The predicted octanol–water partition coefficient (Wildman–Crippen LogP) is 5.82. The van der Waals surface area contributed by atoms with Gasteiger partial charge in [0.25, 0.3) is 0 Å². The molecule has 0 heterocycles. The molecule has 0 radical (unpaired) electrons. The van der Waals surface area contributed by atoms with E-state index >= 15 is 0 Å². The van der Waals surface area contributed by atoms with E-state index in [1.165, 1.54) is 51.4 Å². The van der Waals surface area contributed by atoms with E-state index in [9.17, 15) is 0 Å². The molecule has 0 spiro atoms. The van der Waals surface area contributed by atoms with E-state index in [4.69, 9.17) is 0 Å². The van der Waals surface area contributed by atoms with Crippen LogP contribution in [0.3, 0.4) is 0 Å². The summed E-state index contributed by atoms with van der Waals surface area (Å²) in [7, 11) is 0. The monoisotopic (exact) mass is 220 g/mol. The SMILES string of the molecule is CCC/C=C/C=C/CC/C=C\CCCCC. The van der Waals surface area contributed by atoms with Gasteiger partial charge in [0.2, 0.25) is 0 Å². The first-order chi connectivity index (χ1) is 7.91. The lowest BCUT2D eigenvalue weighted by atomic mass is 10.2. The summed E-state index contributed by atoms with van der Waals surface area (Å²) in [6.45, 7) is 4.46. The molecule has 0 saturated carbocycles. The molecule has 0 aromatic carbocycles. The van der Waals surface area contributed by atoms with Crippen molar-refractivity contribution in [3.63, 3.8) is 0 Å². The van der Waals surface area contributed by atoms with Gasteiger partial charge in [-0.1, -0.05) is 69.6 Å². The van der Waals surface area contributed by atoms with E-state index in [-0.39, 0.29) is 0 Å². The molecule has 0 aliphatic carbocycles. The summed E-state index contributed by atoms with van der Waals surface area (Å²) in [5, 5.41) is 0. The standard InChI is InChI=1S/C16H28/c1-3-5-7-9-11-13-15-16-14-12-10-8-6-4-2/h7,9,11-14H,3-6,8,10,15-16H2,1-2H3/b9-7+,13-11+,14-12-. The number of hydrogen-bond donors (Lipinski definition) is 0. The molecule has 0 saturated heterocycles. The van der Waals surface area contributed by atoms with E-state index in [2.05, 4.69) is 50.3 Å². The highest BCUT2D eigenvalue weighted by molar-refractivity contribution is 5.02. The third kappa shape index (κ3) is 13.2. The highest BCUT2D eigenvalue weighted by atomic mass is 13.9. The highest BCUT2D eigenvalue weighted by Gasteiger charge is 1.81. The Bertz CT molecular complexity index is 196. The summed E-state index contributed by atoms with van der Waals surface area (Å²) in [5.41, 5.74) is 0. The maximum atomic E-state index is 2.33. The Morgan fingerprint density at radius 2 is 1.19 bits per heavy atom. The molecule has 0 rings (SSSR count). The minimum Gasteiger partial charge on any atom is -0.0885 e. The van der Waals surface area contributed by atoms with Crippen molar-refractivity contribution < 1.29 is 0 Å². The highest BCUT2D eigenvalue weighted by Crippen LogP contribution is 2.01. The van der Waals surface area contributed by atoms with Crippen molar-refractivity contribution in [2.45, 2.75) is 65.2 Å². The van der Waals surface area contributed by atoms with Crippen LogP contribution in [0, 0.1) is 0 Å². The summed E-state index contributed by atoms with van der Waals surface area (Å²) in [4.78, 5) is 0. The van der Waals surface area contributed by atoms with Crippen LogP contribution in [-0.2, 0) is 0 Å². The van der Waals surface area contributed by atoms with Gasteiger partial charge in [0.1, 0.15) is 0 Å². The molecule has 0 aromatic heterocycles. The molecular weight excluding hydrogens is 192 g/mol. The van der Waals surface area contributed by atoms with Crippen LogP contribution in [0.25, 0.3) is 0 Å². The largest absolute Gasteiger partial charge is 0.0885 e. The lowest BCUT2D eigenvalue weighted by Crippen LogP contribution is -1.71. The third-order valence-corrected chi connectivity index (χ3v) is 2.48. The van der Waals surface area contributed by atoms with Gasteiger partial charge in [0.05, 0.1) is 0 Å². The van der Waals surface area contributed by atoms with E-state index in [0.29, 0.717) is 0 Å². The van der Waals surface area contributed by atoms with Crippen LogP contribution in [0.2, 0.25) is 0 Å². The number of hydrogen-bond acceptors (Lipinski definition) is 0. The molecule has 0 bridgehead atoms. The van der Waals surface area contributed by atoms with Gasteiger partial charge in [0.15, 0.2) is 0 Å². The number of rotatable bonds is 10. The first-order valence-corrected chi connectivity index (χ1v) is 6.88. The first-order valence-electron chi connectivity index (χ1n) is 6.88. The zero-order valence-corrected chi connectivity index (χ0v) is 11.1. The van der Waals surface area contributed by atoms with Gasteiger partial charge in [-0.2, -0.15) is 0 Å². The van der Waals surface area contributed by atoms with E-state index < -0.39 is 0 Å². The summed E-state index contributed by atoms with van der Waals surface area (Å²) in [6.07, 6.45) is 23.5. The second-order valence-electron chi connectivity index (χ2n) is 4.19. The predicted molar refractivity (Wildman–Crippen MR) is 75.7 cm³/mol. The fourth-order valence-corrected chi connectivity index (χ4v) is 1.46. The lowest BCUT2D eigenvalue weighted by molar-refractivity contribution is 0.728. The average molecular weight is 220 g/mol. The van der Waals surface area contributed by atoms with Crippen LogP contribution in [0.15, 0.2) is 36.5 Å². The molecule has 0 aliphatic rings. The molecule has 0 nitrogen and oxygen atoms in total. The molecule has 0 unspecified atom stereocenters. The van der Waals surface area contributed by atoms with E-state index in [1.54, 1.807) is 0 Å². The quantitative estimate of drug-likeness (QED) is 0.247. The van der Waals surface area contributed by atoms with Gasteiger partial charge in [-0.15, -0.1) is 0 Å². The first kappa shape index (κ1) is 15.2. The lowest BCUT2D eigenvalue weighted by Gasteiger charge is -1.91. The molecule has 0 amide bonds. The summed E-state index contributed by atoms with van der Waals surface area (Å²) < 4.78 is 0. The Morgan fingerprint density at radius 1 is 0.562 bits per heavy atom. The van der Waals surface area contributed by atoms with Crippen LogP contribution in [0.1, 0.15) is 65.2 Å². The number of allylic oxidation sites excluding steroid dienone is 6. The zero-order chi connectivity index (χ0) is 11.9. The molecule has 92 valence electrons. The number of unbranched alkanes of at least 4 members (excludes halogenated alkanes) is 5. The van der Waals surface area contributed by atoms with E-state index in [0.717, 1.165) is 0 Å². The second-order valence-corrected chi connectivity index (χ2v) is 4.19. The van der Waals surface area contributed by atoms with Crippen LogP contribution in [0.4, 0.5) is 0 Å². The average Bonchev–Trinajstić information content (AvgIpc) is 2.31. The van der Waals surface area contributed by atoms with Gasteiger partial charge in [-0.05, 0) is 32.1 Å². The smallest absolute Gasteiger partial charge is 0.0313 e. The fourth-order valence-electron chi connectivity index (χ4n) is 1.46. The molecule has 0 aromatic rings. The third-order valence-electron chi connectivity index (χ3n) is 2.48. The minimum atomic E-state index is 1.17. The Labute approximate surface area is 102 Å². The fraction of sp³-hybridized carbons (Fsp3) is 0.625. The maximum absolute atomic E-state index is 2.33. The molecule has 0 N–H and O–H groups in total. The summed E-state index contributed by atoms with van der Waals surface area (Å²) >= 11 is 0. The second kappa shape index (κ2) is 14.2. The van der Waals surface area contributed by atoms with Crippen LogP contribution in [-0.4, -0.2) is 0 Å². The molecule has 0 aliphatic heterocycles. The van der Waals surface area contributed by atoms with Gasteiger partial charge >= 0.3 is 0 Å². The molecular formula is C16H28. The van der Waals surface area contributed by atoms with Gasteiger partial charge in [-0.3, -0.25) is 0 Å². The van der Waals surface area contributed by atoms with Crippen molar-refractivity contribution >= 4 is 0 Å². The molecule has 0 heteroatoms. The van der Waals surface area contributed by atoms with Gasteiger partial charge in [-0.25, -0.2) is 0 Å². The summed E-state index contributed by atoms with van der Waals surface area (Å²) in [6, 6.07) is 0. The minimum absolute atomic E-state index is 1.17.